The summed E-state index contributed by atoms with van der Waals surface area (Å²) in [5.74, 6) is 0.982. The molecule has 15 heavy (non-hydrogen) atoms. The van der Waals surface area contributed by atoms with E-state index in [0.29, 0.717) is 15.8 Å². The van der Waals surface area contributed by atoms with E-state index < -0.39 is 0 Å². The van der Waals surface area contributed by atoms with Crippen molar-refractivity contribution < 1.29 is 4.39 Å². The van der Waals surface area contributed by atoms with Gasteiger partial charge in [-0.15, -0.1) is 0 Å². The van der Waals surface area contributed by atoms with Gasteiger partial charge in [0.25, 0.3) is 0 Å². The second-order valence-corrected chi connectivity index (χ2v) is 6.08. The number of halogens is 2. The van der Waals surface area contributed by atoms with E-state index in [1.807, 2.05) is 17.8 Å². The van der Waals surface area contributed by atoms with E-state index in [9.17, 15) is 4.39 Å². The summed E-state index contributed by atoms with van der Waals surface area (Å²) >= 11 is 5.11. The molecule has 1 nitrogen and oxygen atoms in total. The van der Waals surface area contributed by atoms with Gasteiger partial charge in [0.1, 0.15) is 5.82 Å². The van der Waals surface area contributed by atoms with E-state index in [1.165, 1.54) is 5.75 Å². The molecule has 2 rings (SSSR count). The third kappa shape index (κ3) is 2.67. The molecule has 1 heterocycles. The first kappa shape index (κ1) is 11.3. The molecule has 2 unspecified atom stereocenters. The summed E-state index contributed by atoms with van der Waals surface area (Å²) < 4.78 is 13.8. The van der Waals surface area contributed by atoms with Crippen LogP contribution in [0.15, 0.2) is 22.7 Å². The second-order valence-electron chi connectivity index (χ2n) is 3.74. The molecule has 0 radical (unpaired) electrons. The molecule has 1 saturated heterocycles. The molecule has 1 fully saturated rings. The first-order valence-corrected chi connectivity index (χ1v) is 6.84. The standard InChI is InChI=1S/C11H13BrFNS/c1-7-11(4-5-15-7)14-8-2-3-9(12)10(13)6-8/h2-3,6-7,11,14H,4-5H2,1H3. The van der Waals surface area contributed by atoms with Crippen LogP contribution in [0.25, 0.3) is 0 Å². The number of rotatable bonds is 2. The number of hydrogen-bond acceptors (Lipinski definition) is 2. The number of benzene rings is 1. The third-order valence-electron chi connectivity index (χ3n) is 2.65. The summed E-state index contributed by atoms with van der Waals surface area (Å²) in [7, 11) is 0. The van der Waals surface area contributed by atoms with Crippen LogP contribution in [0.2, 0.25) is 0 Å². The molecule has 1 aromatic rings. The lowest BCUT2D eigenvalue weighted by Gasteiger charge is -2.17. The van der Waals surface area contributed by atoms with Crippen LogP contribution in [0, 0.1) is 5.82 Å². The molecule has 1 N–H and O–H groups in total. The molecule has 2 atom stereocenters. The van der Waals surface area contributed by atoms with Crippen LogP contribution >= 0.6 is 27.7 Å². The molecule has 1 aliphatic rings. The SMILES string of the molecule is CC1SCCC1Nc1ccc(Br)c(F)c1. The lowest BCUT2D eigenvalue weighted by molar-refractivity contribution is 0.620. The number of thioether (sulfide) groups is 1. The summed E-state index contributed by atoms with van der Waals surface area (Å²) in [4.78, 5) is 0. The van der Waals surface area contributed by atoms with Crippen LogP contribution in [-0.4, -0.2) is 17.0 Å². The van der Waals surface area contributed by atoms with E-state index in [1.54, 1.807) is 12.1 Å². The highest BCUT2D eigenvalue weighted by atomic mass is 79.9. The van der Waals surface area contributed by atoms with E-state index in [4.69, 9.17) is 0 Å². The smallest absolute Gasteiger partial charge is 0.139 e. The lowest BCUT2D eigenvalue weighted by Crippen LogP contribution is -2.24. The highest BCUT2D eigenvalue weighted by molar-refractivity contribution is 9.10. The minimum Gasteiger partial charge on any atom is -0.381 e. The minimum atomic E-state index is -0.210. The van der Waals surface area contributed by atoms with Gasteiger partial charge in [-0.05, 0) is 46.3 Å². The predicted octanol–water partition coefficient (Wildman–Crippen LogP) is 3.89. The van der Waals surface area contributed by atoms with Gasteiger partial charge in [0.05, 0.1) is 4.47 Å². The van der Waals surface area contributed by atoms with Crippen LogP contribution < -0.4 is 5.32 Å². The summed E-state index contributed by atoms with van der Waals surface area (Å²) in [6, 6.07) is 5.66. The summed E-state index contributed by atoms with van der Waals surface area (Å²) in [6.45, 7) is 2.21. The monoisotopic (exact) mass is 289 g/mol. The number of nitrogens with one attached hydrogen (secondary N) is 1. The van der Waals surface area contributed by atoms with Gasteiger partial charge in [-0.1, -0.05) is 6.92 Å². The second kappa shape index (κ2) is 4.74. The van der Waals surface area contributed by atoms with Crippen molar-refractivity contribution in [3.05, 3.63) is 28.5 Å². The van der Waals surface area contributed by atoms with E-state index in [0.717, 1.165) is 12.1 Å². The average Bonchev–Trinajstić information content (AvgIpc) is 2.59. The van der Waals surface area contributed by atoms with Gasteiger partial charge in [0.2, 0.25) is 0 Å². The largest absolute Gasteiger partial charge is 0.381 e. The van der Waals surface area contributed by atoms with Gasteiger partial charge >= 0.3 is 0 Å². The summed E-state index contributed by atoms with van der Waals surface area (Å²) in [5.41, 5.74) is 0.870. The fourth-order valence-corrected chi connectivity index (χ4v) is 3.17. The number of hydrogen-bond donors (Lipinski definition) is 1. The highest BCUT2D eigenvalue weighted by Gasteiger charge is 2.23. The molecule has 0 amide bonds. The fourth-order valence-electron chi connectivity index (χ4n) is 1.72. The zero-order valence-electron chi connectivity index (χ0n) is 8.47. The van der Waals surface area contributed by atoms with E-state index in [2.05, 4.69) is 28.2 Å². The van der Waals surface area contributed by atoms with Crippen LogP contribution in [0.4, 0.5) is 10.1 Å². The van der Waals surface area contributed by atoms with Crippen molar-refractivity contribution in [1.82, 2.24) is 0 Å². The van der Waals surface area contributed by atoms with Gasteiger partial charge < -0.3 is 5.32 Å². The minimum absolute atomic E-state index is 0.210. The zero-order valence-corrected chi connectivity index (χ0v) is 10.9. The first-order valence-electron chi connectivity index (χ1n) is 5.00. The molecule has 1 aliphatic heterocycles. The van der Waals surface area contributed by atoms with Crippen LogP contribution in [-0.2, 0) is 0 Å². The maximum atomic E-state index is 13.3. The van der Waals surface area contributed by atoms with E-state index >= 15 is 0 Å². The Morgan fingerprint density at radius 3 is 2.93 bits per heavy atom. The van der Waals surface area contributed by atoms with Crippen LogP contribution in [0.1, 0.15) is 13.3 Å². The summed E-state index contributed by atoms with van der Waals surface area (Å²) in [6.07, 6.45) is 1.16. The fraction of sp³-hybridized carbons (Fsp3) is 0.455. The van der Waals surface area contributed by atoms with Gasteiger partial charge in [0, 0.05) is 17.0 Å². The van der Waals surface area contributed by atoms with Gasteiger partial charge in [-0.2, -0.15) is 11.8 Å². The predicted molar refractivity (Wildman–Crippen MR) is 68.0 cm³/mol. The molecule has 0 spiro atoms. The average molecular weight is 290 g/mol. The number of anilines is 1. The van der Waals surface area contributed by atoms with Gasteiger partial charge in [0.15, 0.2) is 0 Å². The molecule has 0 aromatic heterocycles. The van der Waals surface area contributed by atoms with Crippen molar-refractivity contribution in [2.75, 3.05) is 11.1 Å². The molecule has 1 aromatic carbocycles. The molecular formula is C11H13BrFNS. The Bertz CT molecular complexity index is 358. The Balaban J connectivity index is 2.07. The Morgan fingerprint density at radius 1 is 1.53 bits per heavy atom. The highest BCUT2D eigenvalue weighted by Crippen LogP contribution is 2.29. The molecule has 0 bridgehead atoms. The van der Waals surface area contributed by atoms with Crippen molar-refractivity contribution >= 4 is 33.4 Å². The van der Waals surface area contributed by atoms with Gasteiger partial charge in [-0.3, -0.25) is 0 Å². The van der Waals surface area contributed by atoms with Crippen LogP contribution in [0.5, 0.6) is 0 Å². The normalized spacial score (nSPS) is 25.5. The van der Waals surface area contributed by atoms with Crippen LogP contribution in [0.3, 0.4) is 0 Å². The van der Waals surface area contributed by atoms with Crippen molar-refractivity contribution in [3.63, 3.8) is 0 Å². The Kier molecular flexibility index (Phi) is 3.57. The molecule has 82 valence electrons. The van der Waals surface area contributed by atoms with Crippen molar-refractivity contribution in [2.45, 2.75) is 24.6 Å². The zero-order chi connectivity index (χ0) is 10.8. The van der Waals surface area contributed by atoms with E-state index in [-0.39, 0.29) is 5.82 Å². The van der Waals surface area contributed by atoms with Crippen molar-refractivity contribution in [1.29, 1.82) is 0 Å². The molecule has 0 aliphatic carbocycles. The molecule has 0 saturated carbocycles. The maximum absolute atomic E-state index is 13.3. The Hall–Kier alpha value is -0.220. The third-order valence-corrected chi connectivity index (χ3v) is 4.62. The molecular weight excluding hydrogens is 277 g/mol. The maximum Gasteiger partial charge on any atom is 0.139 e. The van der Waals surface area contributed by atoms with Crippen molar-refractivity contribution in [3.8, 4) is 0 Å². The van der Waals surface area contributed by atoms with Gasteiger partial charge in [-0.25, -0.2) is 4.39 Å². The summed E-state index contributed by atoms with van der Waals surface area (Å²) in [5, 5.41) is 3.99. The topological polar surface area (TPSA) is 12.0 Å². The van der Waals surface area contributed by atoms with Crippen molar-refractivity contribution in [2.24, 2.45) is 0 Å². The molecule has 4 heteroatoms. The Labute approximate surface area is 102 Å². The quantitative estimate of drug-likeness (QED) is 0.886. The Morgan fingerprint density at radius 2 is 2.33 bits per heavy atom. The lowest BCUT2D eigenvalue weighted by atomic mass is 10.1. The first-order chi connectivity index (χ1) is 7.16.